The number of aromatic nitrogens is 4. The van der Waals surface area contributed by atoms with E-state index in [1.54, 1.807) is 25.6 Å². The highest BCUT2D eigenvalue weighted by Crippen LogP contribution is 2.34. The van der Waals surface area contributed by atoms with Crippen LogP contribution in [0.15, 0.2) is 49.1 Å². The molecule has 0 amide bonds. The molecule has 2 aromatic heterocycles. The molecule has 0 atom stereocenters. The van der Waals surface area contributed by atoms with Crippen LogP contribution in [0.1, 0.15) is 0 Å². The maximum absolute atomic E-state index is 13.4. The van der Waals surface area contributed by atoms with Crippen LogP contribution in [0.4, 0.5) is 15.9 Å². The van der Waals surface area contributed by atoms with Gasteiger partial charge in [-0.1, -0.05) is 11.6 Å². The van der Waals surface area contributed by atoms with Crippen molar-refractivity contribution < 1.29 is 9.13 Å². The van der Waals surface area contributed by atoms with E-state index in [0.29, 0.717) is 28.6 Å². The molecule has 130 valence electrons. The molecule has 0 spiro atoms. The van der Waals surface area contributed by atoms with Crippen molar-refractivity contribution in [3.8, 4) is 17.1 Å². The number of anilines is 2. The SMILES string of the molecule is COc1cc2ncnc(Nc3ccc(F)c(Cl)c3)c2cc1-c1ncc[nH]1. The molecular formula is C18H13ClFN5O. The summed E-state index contributed by atoms with van der Waals surface area (Å²) in [4.78, 5) is 15.9. The van der Waals surface area contributed by atoms with Crippen molar-refractivity contribution >= 4 is 34.0 Å². The molecule has 0 unspecified atom stereocenters. The summed E-state index contributed by atoms with van der Waals surface area (Å²) in [5.74, 6) is 1.40. The normalized spacial score (nSPS) is 10.9. The molecule has 0 aliphatic heterocycles. The van der Waals surface area contributed by atoms with Crippen molar-refractivity contribution in [2.24, 2.45) is 0 Å². The molecule has 0 saturated heterocycles. The van der Waals surface area contributed by atoms with Crippen molar-refractivity contribution in [2.45, 2.75) is 0 Å². The predicted octanol–water partition coefficient (Wildman–Crippen LogP) is 4.56. The highest BCUT2D eigenvalue weighted by molar-refractivity contribution is 6.31. The summed E-state index contributed by atoms with van der Waals surface area (Å²) >= 11 is 5.85. The Morgan fingerprint density at radius 2 is 2.04 bits per heavy atom. The number of imidazole rings is 1. The van der Waals surface area contributed by atoms with Gasteiger partial charge < -0.3 is 15.0 Å². The third kappa shape index (κ3) is 2.93. The summed E-state index contributed by atoms with van der Waals surface area (Å²) in [7, 11) is 1.59. The lowest BCUT2D eigenvalue weighted by Crippen LogP contribution is -1.98. The Bertz CT molecular complexity index is 1080. The number of halogens is 2. The van der Waals surface area contributed by atoms with Gasteiger partial charge in [0.15, 0.2) is 0 Å². The lowest BCUT2D eigenvalue weighted by Gasteiger charge is -2.12. The third-order valence-electron chi connectivity index (χ3n) is 3.89. The van der Waals surface area contributed by atoms with E-state index in [2.05, 4.69) is 25.3 Å². The Labute approximate surface area is 153 Å². The van der Waals surface area contributed by atoms with Gasteiger partial charge in [0.05, 0.1) is 23.2 Å². The van der Waals surface area contributed by atoms with E-state index in [1.165, 1.54) is 18.5 Å². The summed E-state index contributed by atoms with van der Waals surface area (Å²) in [6.45, 7) is 0. The monoisotopic (exact) mass is 369 g/mol. The molecule has 0 fully saturated rings. The minimum absolute atomic E-state index is 0.0336. The second kappa shape index (κ2) is 6.61. The number of aromatic amines is 1. The van der Waals surface area contributed by atoms with Gasteiger partial charge in [0.1, 0.15) is 29.5 Å². The molecule has 4 rings (SSSR count). The van der Waals surface area contributed by atoms with Crippen LogP contribution in [0.5, 0.6) is 5.75 Å². The first-order valence-electron chi connectivity index (χ1n) is 7.70. The van der Waals surface area contributed by atoms with Crippen LogP contribution in [0.2, 0.25) is 5.02 Å². The molecule has 0 aliphatic rings. The van der Waals surface area contributed by atoms with Crippen molar-refractivity contribution in [1.29, 1.82) is 0 Å². The summed E-state index contributed by atoms with van der Waals surface area (Å²) in [5, 5.41) is 3.95. The largest absolute Gasteiger partial charge is 0.496 e. The van der Waals surface area contributed by atoms with Gasteiger partial charge in [0.25, 0.3) is 0 Å². The number of fused-ring (bicyclic) bond motifs is 1. The summed E-state index contributed by atoms with van der Waals surface area (Å²) in [6, 6.07) is 8.09. The Hall–Kier alpha value is -3.19. The Balaban J connectivity index is 1.84. The Kier molecular flexibility index (Phi) is 4.14. The maximum Gasteiger partial charge on any atom is 0.141 e. The van der Waals surface area contributed by atoms with E-state index >= 15 is 0 Å². The van der Waals surface area contributed by atoms with Crippen LogP contribution in [0.3, 0.4) is 0 Å². The van der Waals surface area contributed by atoms with Gasteiger partial charge in [0.2, 0.25) is 0 Å². The van der Waals surface area contributed by atoms with Crippen LogP contribution in [0, 0.1) is 5.82 Å². The number of H-pyrrole nitrogens is 1. The van der Waals surface area contributed by atoms with Gasteiger partial charge in [-0.25, -0.2) is 19.3 Å². The van der Waals surface area contributed by atoms with E-state index in [1.807, 2.05) is 12.1 Å². The highest BCUT2D eigenvalue weighted by Gasteiger charge is 2.14. The smallest absolute Gasteiger partial charge is 0.141 e. The number of ether oxygens (including phenoxy) is 1. The molecule has 2 N–H and O–H groups in total. The highest BCUT2D eigenvalue weighted by atomic mass is 35.5. The van der Waals surface area contributed by atoms with E-state index < -0.39 is 5.82 Å². The summed E-state index contributed by atoms with van der Waals surface area (Å²) in [6.07, 6.45) is 4.85. The van der Waals surface area contributed by atoms with Crippen molar-refractivity contribution in [3.63, 3.8) is 0 Å². The number of methoxy groups -OCH3 is 1. The first-order valence-corrected chi connectivity index (χ1v) is 8.08. The molecular weight excluding hydrogens is 357 g/mol. The van der Waals surface area contributed by atoms with Crippen LogP contribution in [-0.4, -0.2) is 27.0 Å². The number of benzene rings is 2. The first-order chi connectivity index (χ1) is 12.7. The lowest BCUT2D eigenvalue weighted by atomic mass is 10.1. The lowest BCUT2D eigenvalue weighted by molar-refractivity contribution is 0.416. The minimum atomic E-state index is -0.477. The molecule has 4 aromatic rings. The Morgan fingerprint density at radius 3 is 2.77 bits per heavy atom. The molecule has 0 saturated carbocycles. The number of hydrogen-bond donors (Lipinski definition) is 2. The first kappa shape index (κ1) is 16.3. The quantitative estimate of drug-likeness (QED) is 0.551. The summed E-state index contributed by atoms with van der Waals surface area (Å²) in [5.41, 5.74) is 2.09. The minimum Gasteiger partial charge on any atom is -0.496 e. The molecule has 26 heavy (non-hydrogen) atoms. The third-order valence-corrected chi connectivity index (χ3v) is 4.18. The van der Waals surface area contributed by atoms with Gasteiger partial charge in [-0.3, -0.25) is 0 Å². The molecule has 8 heteroatoms. The molecule has 0 bridgehead atoms. The molecule has 6 nitrogen and oxygen atoms in total. The topological polar surface area (TPSA) is 75.7 Å². The van der Waals surface area contributed by atoms with E-state index in [4.69, 9.17) is 16.3 Å². The van der Waals surface area contributed by atoms with E-state index in [0.717, 1.165) is 10.9 Å². The average Bonchev–Trinajstić information content (AvgIpc) is 3.18. The van der Waals surface area contributed by atoms with Crippen molar-refractivity contribution in [2.75, 3.05) is 12.4 Å². The zero-order valence-corrected chi connectivity index (χ0v) is 14.4. The second-order valence-electron chi connectivity index (χ2n) is 5.48. The molecule has 0 aliphatic carbocycles. The number of nitrogens with zero attached hydrogens (tertiary/aromatic N) is 3. The zero-order valence-electron chi connectivity index (χ0n) is 13.6. The maximum atomic E-state index is 13.4. The standard InChI is InChI=1S/C18H13ClFN5O/c1-26-16-8-15-11(7-12(16)17-21-4-5-22-17)18(24-9-23-15)25-10-2-3-14(20)13(19)6-10/h2-9H,1H3,(H,21,22)(H,23,24,25). The van der Waals surface area contributed by atoms with Crippen LogP contribution in [0.25, 0.3) is 22.3 Å². The Morgan fingerprint density at radius 1 is 1.15 bits per heavy atom. The van der Waals surface area contributed by atoms with Gasteiger partial charge in [-0.2, -0.15) is 0 Å². The number of rotatable bonds is 4. The predicted molar refractivity (Wildman–Crippen MR) is 98.4 cm³/mol. The van der Waals surface area contributed by atoms with Crippen molar-refractivity contribution in [1.82, 2.24) is 19.9 Å². The van der Waals surface area contributed by atoms with E-state index in [-0.39, 0.29) is 5.02 Å². The van der Waals surface area contributed by atoms with Gasteiger partial charge in [-0.05, 0) is 24.3 Å². The van der Waals surface area contributed by atoms with E-state index in [9.17, 15) is 4.39 Å². The fourth-order valence-corrected chi connectivity index (χ4v) is 2.84. The average molecular weight is 370 g/mol. The number of nitrogens with one attached hydrogen (secondary N) is 2. The van der Waals surface area contributed by atoms with Crippen LogP contribution in [-0.2, 0) is 0 Å². The van der Waals surface area contributed by atoms with Gasteiger partial charge in [-0.15, -0.1) is 0 Å². The van der Waals surface area contributed by atoms with Gasteiger partial charge >= 0.3 is 0 Å². The fraction of sp³-hybridized carbons (Fsp3) is 0.0556. The molecule has 2 heterocycles. The molecule has 2 aromatic carbocycles. The fourth-order valence-electron chi connectivity index (χ4n) is 2.66. The van der Waals surface area contributed by atoms with Crippen LogP contribution < -0.4 is 10.1 Å². The summed E-state index contributed by atoms with van der Waals surface area (Å²) < 4.78 is 18.8. The van der Waals surface area contributed by atoms with Gasteiger partial charge in [0, 0.05) is 29.5 Å². The second-order valence-corrected chi connectivity index (χ2v) is 5.89. The number of hydrogen-bond acceptors (Lipinski definition) is 5. The van der Waals surface area contributed by atoms with Crippen LogP contribution >= 0.6 is 11.6 Å². The van der Waals surface area contributed by atoms with Crippen molar-refractivity contribution in [3.05, 3.63) is 59.9 Å². The molecule has 0 radical (unpaired) electrons. The zero-order chi connectivity index (χ0) is 18.1.